The number of anilines is 1. The molecule has 2 heterocycles. The lowest BCUT2D eigenvalue weighted by molar-refractivity contribution is -0.145. The van der Waals surface area contributed by atoms with Gasteiger partial charge in [0, 0.05) is 29.5 Å². The number of ether oxygens (including phenoxy) is 1. The number of hydrogen-bond acceptors (Lipinski definition) is 9. The molecule has 186 valence electrons. The smallest absolute Gasteiger partial charge is 0.317 e. The molecule has 1 aromatic heterocycles. The number of hydrogen-bond donors (Lipinski definition) is 2. The van der Waals surface area contributed by atoms with Crippen LogP contribution in [0.5, 0.6) is 5.75 Å². The summed E-state index contributed by atoms with van der Waals surface area (Å²) in [5.74, 6) is -1.78. The molecule has 0 aliphatic carbocycles. The molecule has 1 aliphatic heterocycles. The minimum atomic E-state index is -1.30. The Labute approximate surface area is 208 Å². The minimum absolute atomic E-state index is 0.0695. The molecule has 2 unspecified atom stereocenters. The SMILES string of the molecule is COC(=O)C1C=CN(c2ncccn2)C1(C)N=Nc1c(O)c(C(=O)NC(C)(C)C)cc2ccccc12. The van der Waals surface area contributed by atoms with Gasteiger partial charge in [-0.2, -0.15) is 5.11 Å². The van der Waals surface area contributed by atoms with Crippen molar-refractivity contribution in [2.75, 3.05) is 12.0 Å². The van der Waals surface area contributed by atoms with E-state index in [9.17, 15) is 14.7 Å². The number of esters is 1. The predicted molar refractivity (Wildman–Crippen MR) is 135 cm³/mol. The van der Waals surface area contributed by atoms with Crippen LogP contribution in [-0.2, 0) is 9.53 Å². The van der Waals surface area contributed by atoms with Crippen LogP contribution in [0.2, 0.25) is 0 Å². The Morgan fingerprint density at radius 2 is 1.86 bits per heavy atom. The van der Waals surface area contributed by atoms with Crippen molar-refractivity contribution in [1.82, 2.24) is 15.3 Å². The van der Waals surface area contributed by atoms with Crippen LogP contribution in [0.3, 0.4) is 0 Å². The molecule has 0 spiro atoms. The van der Waals surface area contributed by atoms with E-state index < -0.39 is 29.0 Å². The summed E-state index contributed by atoms with van der Waals surface area (Å²) in [5.41, 5.74) is -1.63. The summed E-state index contributed by atoms with van der Waals surface area (Å²) in [6.45, 7) is 7.25. The highest BCUT2D eigenvalue weighted by atomic mass is 16.5. The van der Waals surface area contributed by atoms with Gasteiger partial charge in [0.1, 0.15) is 11.6 Å². The zero-order valence-corrected chi connectivity index (χ0v) is 20.8. The van der Waals surface area contributed by atoms with Gasteiger partial charge in [0.25, 0.3) is 5.91 Å². The van der Waals surface area contributed by atoms with Gasteiger partial charge in [0.2, 0.25) is 5.95 Å². The summed E-state index contributed by atoms with van der Waals surface area (Å²) in [5, 5.41) is 24.3. The zero-order valence-electron chi connectivity index (χ0n) is 20.8. The summed E-state index contributed by atoms with van der Waals surface area (Å²) in [7, 11) is 1.30. The number of fused-ring (bicyclic) bond motifs is 1. The Kier molecular flexibility index (Phi) is 6.45. The first-order valence-electron chi connectivity index (χ1n) is 11.4. The lowest BCUT2D eigenvalue weighted by Gasteiger charge is -2.33. The molecule has 0 saturated heterocycles. The molecule has 4 rings (SSSR count). The van der Waals surface area contributed by atoms with Gasteiger partial charge in [-0.15, -0.1) is 5.11 Å². The Hall–Kier alpha value is -4.34. The highest BCUT2D eigenvalue weighted by Gasteiger charge is 2.48. The van der Waals surface area contributed by atoms with Gasteiger partial charge >= 0.3 is 5.97 Å². The Morgan fingerprint density at radius 1 is 1.17 bits per heavy atom. The average Bonchev–Trinajstić information content (AvgIpc) is 3.19. The number of benzene rings is 2. The molecule has 2 N–H and O–H groups in total. The van der Waals surface area contributed by atoms with E-state index in [2.05, 4.69) is 25.5 Å². The fraction of sp³-hybridized carbons (Fsp3) is 0.308. The molecule has 10 nitrogen and oxygen atoms in total. The van der Waals surface area contributed by atoms with E-state index in [0.717, 1.165) is 0 Å². The second-order valence-electron chi connectivity index (χ2n) is 9.60. The highest BCUT2D eigenvalue weighted by molar-refractivity contribution is 6.06. The van der Waals surface area contributed by atoms with E-state index in [1.165, 1.54) is 7.11 Å². The number of nitrogens with one attached hydrogen (secondary N) is 1. The molecule has 0 radical (unpaired) electrons. The predicted octanol–water partition coefficient (Wildman–Crippen LogP) is 4.49. The number of rotatable bonds is 5. The van der Waals surface area contributed by atoms with Crippen molar-refractivity contribution in [3.63, 3.8) is 0 Å². The molecule has 36 heavy (non-hydrogen) atoms. The summed E-state index contributed by atoms with van der Waals surface area (Å²) in [6, 6.07) is 10.5. The van der Waals surface area contributed by atoms with Gasteiger partial charge in [0.15, 0.2) is 11.4 Å². The number of aromatic nitrogens is 2. The van der Waals surface area contributed by atoms with Gasteiger partial charge in [-0.1, -0.05) is 24.3 Å². The Morgan fingerprint density at radius 3 is 2.53 bits per heavy atom. The van der Waals surface area contributed by atoms with Gasteiger partial charge in [0.05, 0.1) is 12.7 Å². The quantitative estimate of drug-likeness (QED) is 0.400. The van der Waals surface area contributed by atoms with E-state index in [-0.39, 0.29) is 17.0 Å². The molecular weight excluding hydrogens is 460 g/mol. The van der Waals surface area contributed by atoms with Crippen LogP contribution < -0.4 is 10.2 Å². The number of azo groups is 1. The van der Waals surface area contributed by atoms with Crippen molar-refractivity contribution in [3.05, 3.63) is 66.6 Å². The first kappa shape index (κ1) is 24.8. The molecule has 0 bridgehead atoms. The number of amides is 1. The van der Waals surface area contributed by atoms with Crippen LogP contribution in [0.4, 0.5) is 11.6 Å². The summed E-state index contributed by atoms with van der Waals surface area (Å²) >= 11 is 0. The van der Waals surface area contributed by atoms with Crippen molar-refractivity contribution in [2.45, 2.75) is 38.9 Å². The van der Waals surface area contributed by atoms with Crippen molar-refractivity contribution >= 4 is 34.3 Å². The third-order valence-electron chi connectivity index (χ3n) is 5.81. The topological polar surface area (TPSA) is 129 Å². The largest absolute Gasteiger partial charge is 0.505 e. The van der Waals surface area contributed by atoms with Crippen LogP contribution in [0.15, 0.2) is 71.3 Å². The van der Waals surface area contributed by atoms with E-state index in [4.69, 9.17) is 4.74 Å². The molecule has 0 fully saturated rings. The van der Waals surface area contributed by atoms with Crippen molar-refractivity contribution < 1.29 is 19.4 Å². The lowest BCUT2D eigenvalue weighted by Crippen LogP contribution is -2.47. The third kappa shape index (κ3) is 4.61. The number of methoxy groups -OCH3 is 1. The van der Waals surface area contributed by atoms with E-state index in [1.54, 1.807) is 60.8 Å². The van der Waals surface area contributed by atoms with Crippen molar-refractivity contribution in [2.24, 2.45) is 16.1 Å². The number of carbonyl (C=O) groups excluding carboxylic acids is 2. The van der Waals surface area contributed by atoms with Crippen LogP contribution in [0, 0.1) is 5.92 Å². The Bertz CT molecular complexity index is 1370. The third-order valence-corrected chi connectivity index (χ3v) is 5.81. The van der Waals surface area contributed by atoms with Gasteiger partial charge in [-0.05, 0) is 51.3 Å². The van der Waals surface area contributed by atoms with Gasteiger partial charge in [-0.25, -0.2) is 9.97 Å². The van der Waals surface area contributed by atoms with E-state index in [1.807, 2.05) is 32.9 Å². The number of nitrogens with zero attached hydrogens (tertiary/aromatic N) is 5. The van der Waals surface area contributed by atoms with Crippen LogP contribution >= 0.6 is 0 Å². The number of phenolic OH excluding ortho intramolecular Hbond substituents is 1. The maximum Gasteiger partial charge on any atom is 0.317 e. The minimum Gasteiger partial charge on any atom is -0.505 e. The van der Waals surface area contributed by atoms with Crippen LogP contribution in [0.1, 0.15) is 38.1 Å². The maximum atomic E-state index is 13.0. The average molecular weight is 489 g/mol. The normalized spacial score (nSPS) is 19.7. The monoisotopic (exact) mass is 488 g/mol. The molecule has 1 aliphatic rings. The van der Waals surface area contributed by atoms with Gasteiger partial charge < -0.3 is 15.2 Å². The highest BCUT2D eigenvalue weighted by Crippen LogP contribution is 2.42. The second kappa shape index (κ2) is 9.37. The summed E-state index contributed by atoms with van der Waals surface area (Å²) in [6.07, 6.45) is 6.46. The Balaban J connectivity index is 1.85. The molecule has 2 atom stereocenters. The molecular formula is C26H28N6O4. The zero-order chi connectivity index (χ0) is 26.1. The molecule has 0 saturated carbocycles. The van der Waals surface area contributed by atoms with Crippen molar-refractivity contribution in [1.29, 1.82) is 0 Å². The lowest BCUT2D eigenvalue weighted by atomic mass is 9.97. The fourth-order valence-electron chi connectivity index (χ4n) is 4.03. The van der Waals surface area contributed by atoms with E-state index >= 15 is 0 Å². The van der Waals surface area contributed by atoms with E-state index in [0.29, 0.717) is 16.7 Å². The summed E-state index contributed by atoms with van der Waals surface area (Å²) < 4.78 is 5.00. The first-order valence-corrected chi connectivity index (χ1v) is 11.4. The number of phenols is 1. The number of carbonyl (C=O) groups is 2. The summed E-state index contributed by atoms with van der Waals surface area (Å²) in [4.78, 5) is 35.8. The van der Waals surface area contributed by atoms with Crippen LogP contribution in [-0.4, -0.2) is 45.3 Å². The molecule has 1 amide bonds. The molecule has 3 aromatic rings. The fourth-order valence-corrected chi connectivity index (χ4v) is 4.03. The van der Waals surface area contributed by atoms with Crippen LogP contribution in [0.25, 0.3) is 10.8 Å². The van der Waals surface area contributed by atoms with Crippen molar-refractivity contribution in [3.8, 4) is 5.75 Å². The molecule has 10 heteroatoms. The maximum absolute atomic E-state index is 13.0. The standard InChI is InChI=1S/C26H28N6O4/c1-25(2,3)29-22(34)18-15-16-9-6-7-10-17(16)20(21(18)33)30-31-26(4)19(23(35)36-5)11-14-32(26)24-27-12-8-13-28-24/h6-15,19,33H,1-5H3,(H,29,34). The first-order chi connectivity index (χ1) is 17.0. The molecule has 2 aromatic carbocycles. The number of aromatic hydroxyl groups is 1. The van der Waals surface area contributed by atoms with Gasteiger partial charge in [-0.3, -0.25) is 14.5 Å². The second-order valence-corrected chi connectivity index (χ2v) is 9.60.